The van der Waals surface area contributed by atoms with E-state index >= 15 is 0 Å². The van der Waals surface area contributed by atoms with Gasteiger partial charge in [0.05, 0.1) is 5.69 Å². The van der Waals surface area contributed by atoms with E-state index in [1.165, 1.54) is 16.5 Å². The normalized spacial score (nSPS) is 11.1. The molecule has 3 nitrogen and oxygen atoms in total. The Balaban J connectivity index is 2.36. The molecule has 90 valence electrons. The maximum Gasteiger partial charge on any atom is 0.222 e. The zero-order valence-corrected chi connectivity index (χ0v) is 10.9. The third-order valence-electron chi connectivity index (χ3n) is 3.13. The molecule has 3 aromatic rings. The first-order valence-corrected chi connectivity index (χ1v) is 6.08. The van der Waals surface area contributed by atoms with Crippen LogP contribution in [0.15, 0.2) is 36.7 Å². The van der Waals surface area contributed by atoms with E-state index in [1.54, 1.807) is 6.20 Å². The van der Waals surface area contributed by atoms with E-state index in [0.29, 0.717) is 0 Å². The minimum atomic E-state index is 0.276. The largest absolute Gasteiger partial charge is 0.350 e. The second-order valence-electron chi connectivity index (χ2n) is 4.33. The molecule has 0 aliphatic rings. The van der Waals surface area contributed by atoms with Gasteiger partial charge in [0.1, 0.15) is 0 Å². The Morgan fingerprint density at radius 3 is 2.83 bits per heavy atom. The van der Waals surface area contributed by atoms with Crippen LogP contribution < -0.4 is 0 Å². The molecule has 0 N–H and O–H groups in total. The van der Waals surface area contributed by atoms with Crippen molar-refractivity contribution in [1.29, 1.82) is 0 Å². The average Bonchev–Trinajstić information content (AvgIpc) is 2.69. The lowest BCUT2D eigenvalue weighted by Crippen LogP contribution is -1.86. The van der Waals surface area contributed by atoms with E-state index < -0.39 is 0 Å². The zero-order valence-electron chi connectivity index (χ0n) is 10.2. The molecular weight excluding hydrogens is 246 g/mol. The van der Waals surface area contributed by atoms with Crippen molar-refractivity contribution in [3.8, 4) is 11.3 Å². The third kappa shape index (κ3) is 1.68. The van der Waals surface area contributed by atoms with Gasteiger partial charge in [0.25, 0.3) is 0 Å². The molecule has 4 heteroatoms. The zero-order chi connectivity index (χ0) is 12.7. The van der Waals surface area contributed by atoms with Crippen LogP contribution >= 0.6 is 11.6 Å². The lowest BCUT2D eigenvalue weighted by Gasteiger charge is -2.01. The monoisotopic (exact) mass is 257 g/mol. The Kier molecular flexibility index (Phi) is 2.56. The van der Waals surface area contributed by atoms with Gasteiger partial charge in [-0.2, -0.15) is 0 Å². The summed E-state index contributed by atoms with van der Waals surface area (Å²) >= 11 is 5.86. The molecule has 0 bridgehead atoms. The Labute approximate surface area is 110 Å². The minimum Gasteiger partial charge on any atom is -0.350 e. The van der Waals surface area contributed by atoms with Crippen LogP contribution in [0, 0.1) is 6.92 Å². The van der Waals surface area contributed by atoms with Gasteiger partial charge in [0.2, 0.25) is 5.28 Å². The number of fused-ring (bicyclic) bond motifs is 1. The van der Waals surface area contributed by atoms with Crippen molar-refractivity contribution in [3.63, 3.8) is 0 Å². The first-order valence-electron chi connectivity index (χ1n) is 5.70. The van der Waals surface area contributed by atoms with Crippen molar-refractivity contribution in [2.75, 3.05) is 0 Å². The van der Waals surface area contributed by atoms with Crippen molar-refractivity contribution < 1.29 is 0 Å². The number of aromatic nitrogens is 3. The van der Waals surface area contributed by atoms with Crippen LogP contribution in [0.25, 0.3) is 22.2 Å². The maximum atomic E-state index is 5.86. The topological polar surface area (TPSA) is 30.7 Å². The summed E-state index contributed by atoms with van der Waals surface area (Å²) < 4.78 is 2.10. The Hall–Kier alpha value is -1.87. The SMILES string of the molecule is Cc1cccc2c1c(-c1ccnc(Cl)n1)cn2C. The molecule has 0 saturated carbocycles. The highest BCUT2D eigenvalue weighted by Crippen LogP contribution is 2.31. The fourth-order valence-corrected chi connectivity index (χ4v) is 2.45. The van der Waals surface area contributed by atoms with Crippen molar-refractivity contribution in [1.82, 2.24) is 14.5 Å². The molecule has 0 radical (unpaired) electrons. The smallest absolute Gasteiger partial charge is 0.222 e. The van der Waals surface area contributed by atoms with E-state index in [-0.39, 0.29) is 5.28 Å². The highest BCUT2D eigenvalue weighted by Gasteiger charge is 2.11. The summed E-state index contributed by atoms with van der Waals surface area (Å²) in [7, 11) is 2.04. The fraction of sp³-hybridized carbons (Fsp3) is 0.143. The Bertz CT molecular complexity index is 731. The van der Waals surface area contributed by atoms with Gasteiger partial charge in [-0.15, -0.1) is 0 Å². The molecular formula is C14H12ClN3. The summed E-state index contributed by atoms with van der Waals surface area (Å²) in [6.45, 7) is 2.11. The molecule has 0 fully saturated rings. The summed E-state index contributed by atoms with van der Waals surface area (Å²) in [5.74, 6) is 0. The fourth-order valence-electron chi connectivity index (χ4n) is 2.30. The van der Waals surface area contributed by atoms with Crippen LogP contribution in [-0.4, -0.2) is 14.5 Å². The number of hydrogen-bond acceptors (Lipinski definition) is 2. The molecule has 0 unspecified atom stereocenters. The van der Waals surface area contributed by atoms with Crippen LogP contribution in [0.3, 0.4) is 0 Å². The van der Waals surface area contributed by atoms with E-state index in [0.717, 1.165) is 11.3 Å². The molecule has 0 saturated heterocycles. The van der Waals surface area contributed by atoms with Crippen LogP contribution in [0.4, 0.5) is 0 Å². The van der Waals surface area contributed by atoms with Gasteiger partial charge >= 0.3 is 0 Å². The number of hydrogen-bond donors (Lipinski definition) is 0. The van der Waals surface area contributed by atoms with Gasteiger partial charge in [0.15, 0.2) is 0 Å². The number of halogens is 1. The molecule has 0 atom stereocenters. The number of aryl methyl sites for hydroxylation is 2. The summed E-state index contributed by atoms with van der Waals surface area (Å²) in [5, 5.41) is 1.49. The van der Waals surface area contributed by atoms with Gasteiger partial charge in [-0.3, -0.25) is 0 Å². The Morgan fingerprint density at radius 2 is 2.06 bits per heavy atom. The molecule has 3 rings (SSSR count). The maximum absolute atomic E-state index is 5.86. The quantitative estimate of drug-likeness (QED) is 0.624. The standard InChI is InChI=1S/C14H12ClN3/c1-9-4-3-5-12-13(9)10(8-18(12)2)11-6-7-16-14(15)17-11/h3-8H,1-2H3. The van der Waals surface area contributed by atoms with E-state index in [9.17, 15) is 0 Å². The van der Waals surface area contributed by atoms with Crippen LogP contribution in [0.5, 0.6) is 0 Å². The second kappa shape index (κ2) is 4.10. The van der Waals surface area contributed by atoms with Gasteiger partial charge < -0.3 is 4.57 Å². The number of benzene rings is 1. The second-order valence-corrected chi connectivity index (χ2v) is 4.67. The van der Waals surface area contributed by atoms with Crippen molar-refractivity contribution in [2.24, 2.45) is 7.05 Å². The number of nitrogens with zero attached hydrogens (tertiary/aromatic N) is 3. The van der Waals surface area contributed by atoms with Crippen molar-refractivity contribution in [3.05, 3.63) is 47.5 Å². The molecule has 0 aliphatic heterocycles. The van der Waals surface area contributed by atoms with E-state index in [4.69, 9.17) is 11.6 Å². The Morgan fingerprint density at radius 1 is 1.22 bits per heavy atom. The summed E-state index contributed by atoms with van der Waals surface area (Å²) in [6.07, 6.45) is 3.76. The highest BCUT2D eigenvalue weighted by molar-refractivity contribution is 6.28. The van der Waals surface area contributed by atoms with Gasteiger partial charge in [0, 0.05) is 35.9 Å². The first-order chi connectivity index (χ1) is 8.66. The minimum absolute atomic E-state index is 0.276. The average molecular weight is 258 g/mol. The van der Waals surface area contributed by atoms with Crippen LogP contribution in [-0.2, 0) is 7.05 Å². The molecule has 0 aliphatic carbocycles. The predicted molar refractivity (Wildman–Crippen MR) is 73.7 cm³/mol. The lowest BCUT2D eigenvalue weighted by molar-refractivity contribution is 0.969. The van der Waals surface area contributed by atoms with Crippen LogP contribution in [0.2, 0.25) is 5.28 Å². The van der Waals surface area contributed by atoms with Crippen LogP contribution in [0.1, 0.15) is 5.56 Å². The van der Waals surface area contributed by atoms with E-state index in [2.05, 4.69) is 45.9 Å². The summed E-state index contributed by atoms with van der Waals surface area (Å²) in [4.78, 5) is 8.21. The molecule has 2 aromatic heterocycles. The van der Waals surface area contributed by atoms with Crippen molar-refractivity contribution >= 4 is 22.5 Å². The van der Waals surface area contributed by atoms with Gasteiger partial charge in [-0.25, -0.2) is 9.97 Å². The molecule has 0 amide bonds. The first kappa shape index (κ1) is 11.2. The molecule has 2 heterocycles. The van der Waals surface area contributed by atoms with Crippen molar-refractivity contribution in [2.45, 2.75) is 6.92 Å². The predicted octanol–water partition coefficient (Wildman–Crippen LogP) is 3.60. The third-order valence-corrected chi connectivity index (χ3v) is 3.31. The summed E-state index contributed by atoms with van der Waals surface area (Å²) in [6, 6.07) is 8.16. The summed E-state index contributed by atoms with van der Waals surface area (Å²) in [5.41, 5.74) is 4.38. The molecule has 1 aromatic carbocycles. The van der Waals surface area contributed by atoms with E-state index in [1.807, 2.05) is 13.1 Å². The number of rotatable bonds is 1. The van der Waals surface area contributed by atoms with Gasteiger partial charge in [-0.05, 0) is 36.2 Å². The highest BCUT2D eigenvalue weighted by atomic mass is 35.5. The molecule has 0 spiro atoms. The lowest BCUT2D eigenvalue weighted by atomic mass is 10.1. The molecule has 18 heavy (non-hydrogen) atoms. The van der Waals surface area contributed by atoms with Gasteiger partial charge in [-0.1, -0.05) is 12.1 Å².